The molecule has 0 spiro atoms. The first-order valence-electron chi connectivity index (χ1n) is 10.4. The molecule has 0 N–H and O–H groups in total. The molecule has 0 bridgehead atoms. The number of hydrogen-bond donors (Lipinski definition) is 0. The Bertz CT molecular complexity index is 1050. The van der Waals surface area contributed by atoms with Crippen LogP contribution in [0, 0.1) is 5.82 Å². The number of halogens is 1. The standard InChI is InChI=1S/C23H24FN3O4S/c1-29-22(28)17-4-2-5-19(14-17)31-12-13-32-23-26-25-21(16-7-9-18(24)10-8-16)27(23)15-20-6-3-11-30-20/h2,4-5,7-10,14,20H,3,6,11-13,15H2,1H3. The van der Waals surface area contributed by atoms with E-state index >= 15 is 0 Å². The fourth-order valence-corrected chi connectivity index (χ4v) is 4.25. The van der Waals surface area contributed by atoms with Gasteiger partial charge in [-0.25, -0.2) is 9.18 Å². The Hall–Kier alpha value is -2.91. The molecule has 1 unspecified atom stereocenters. The summed E-state index contributed by atoms with van der Waals surface area (Å²) in [5.74, 6) is 1.23. The van der Waals surface area contributed by atoms with Crippen LogP contribution in [0.2, 0.25) is 0 Å². The lowest BCUT2D eigenvalue weighted by Gasteiger charge is -2.15. The molecule has 168 valence electrons. The largest absolute Gasteiger partial charge is 0.493 e. The summed E-state index contributed by atoms with van der Waals surface area (Å²) >= 11 is 1.53. The molecule has 1 aromatic heterocycles. The minimum atomic E-state index is -0.402. The maximum atomic E-state index is 13.4. The van der Waals surface area contributed by atoms with E-state index in [-0.39, 0.29) is 11.9 Å². The second-order valence-electron chi connectivity index (χ2n) is 7.28. The van der Waals surface area contributed by atoms with Gasteiger partial charge in [-0.15, -0.1) is 10.2 Å². The first kappa shape index (κ1) is 22.3. The molecule has 2 aromatic carbocycles. The molecule has 1 atom stereocenters. The smallest absolute Gasteiger partial charge is 0.337 e. The van der Waals surface area contributed by atoms with Crippen molar-refractivity contribution in [2.75, 3.05) is 26.1 Å². The summed E-state index contributed by atoms with van der Waals surface area (Å²) in [7, 11) is 1.35. The predicted molar refractivity (Wildman–Crippen MR) is 118 cm³/mol. The normalized spacial score (nSPS) is 15.6. The highest BCUT2D eigenvalue weighted by Gasteiger charge is 2.22. The number of thioether (sulfide) groups is 1. The highest BCUT2D eigenvalue weighted by Crippen LogP contribution is 2.27. The molecule has 7 nitrogen and oxygen atoms in total. The van der Waals surface area contributed by atoms with Gasteiger partial charge in [0.15, 0.2) is 11.0 Å². The lowest BCUT2D eigenvalue weighted by Crippen LogP contribution is -2.17. The Morgan fingerprint density at radius 3 is 2.84 bits per heavy atom. The fourth-order valence-electron chi connectivity index (χ4n) is 3.49. The minimum absolute atomic E-state index is 0.113. The summed E-state index contributed by atoms with van der Waals surface area (Å²) in [5, 5.41) is 9.47. The number of carbonyl (C=O) groups is 1. The highest BCUT2D eigenvalue weighted by atomic mass is 32.2. The van der Waals surface area contributed by atoms with Gasteiger partial charge in [-0.2, -0.15) is 0 Å². The van der Waals surface area contributed by atoms with Crippen LogP contribution in [0.3, 0.4) is 0 Å². The van der Waals surface area contributed by atoms with Crippen LogP contribution in [0.5, 0.6) is 5.75 Å². The first-order chi connectivity index (χ1) is 15.6. The third-order valence-corrected chi connectivity index (χ3v) is 6.00. The average molecular weight is 458 g/mol. The topological polar surface area (TPSA) is 75.5 Å². The van der Waals surface area contributed by atoms with E-state index in [1.165, 1.54) is 31.0 Å². The summed E-state index contributed by atoms with van der Waals surface area (Å²) in [6.45, 7) is 1.83. The maximum absolute atomic E-state index is 13.4. The lowest BCUT2D eigenvalue weighted by molar-refractivity contribution is 0.0600. The number of methoxy groups -OCH3 is 1. The molecule has 3 aromatic rings. The summed E-state index contributed by atoms with van der Waals surface area (Å²) in [4.78, 5) is 11.7. The van der Waals surface area contributed by atoms with Crippen LogP contribution >= 0.6 is 11.8 Å². The van der Waals surface area contributed by atoms with Gasteiger partial charge in [-0.05, 0) is 55.3 Å². The van der Waals surface area contributed by atoms with Crippen molar-refractivity contribution in [2.24, 2.45) is 0 Å². The number of ether oxygens (including phenoxy) is 3. The van der Waals surface area contributed by atoms with Crippen molar-refractivity contribution in [1.29, 1.82) is 0 Å². The SMILES string of the molecule is COC(=O)c1cccc(OCCSc2nnc(-c3ccc(F)cc3)n2CC2CCCO2)c1. The molecular weight excluding hydrogens is 433 g/mol. The number of benzene rings is 2. The van der Waals surface area contributed by atoms with Crippen molar-refractivity contribution >= 4 is 17.7 Å². The molecule has 9 heteroatoms. The van der Waals surface area contributed by atoms with Gasteiger partial charge in [0.2, 0.25) is 0 Å². The molecule has 32 heavy (non-hydrogen) atoms. The average Bonchev–Trinajstić information content (AvgIpc) is 3.47. The van der Waals surface area contributed by atoms with Crippen LogP contribution in [0.1, 0.15) is 23.2 Å². The van der Waals surface area contributed by atoms with Gasteiger partial charge in [0.1, 0.15) is 11.6 Å². The van der Waals surface area contributed by atoms with Crippen LogP contribution < -0.4 is 4.74 Å². The van der Waals surface area contributed by atoms with E-state index in [1.807, 2.05) is 4.57 Å². The van der Waals surface area contributed by atoms with E-state index in [1.54, 1.807) is 36.4 Å². The van der Waals surface area contributed by atoms with Crippen LogP contribution in [-0.2, 0) is 16.0 Å². The third kappa shape index (κ3) is 5.46. The van der Waals surface area contributed by atoms with Gasteiger partial charge in [0.25, 0.3) is 0 Å². The quantitative estimate of drug-likeness (QED) is 0.271. The van der Waals surface area contributed by atoms with Crippen LogP contribution in [0.4, 0.5) is 4.39 Å². The van der Waals surface area contributed by atoms with E-state index in [4.69, 9.17) is 14.2 Å². The predicted octanol–water partition coefficient (Wildman–Crippen LogP) is 4.22. The molecule has 0 amide bonds. The Morgan fingerprint density at radius 1 is 1.25 bits per heavy atom. The Kier molecular flexibility index (Phi) is 7.39. The summed E-state index contributed by atoms with van der Waals surface area (Å²) in [6.07, 6.45) is 2.14. The number of nitrogens with zero attached hydrogens (tertiary/aromatic N) is 3. The second kappa shape index (κ2) is 10.6. The maximum Gasteiger partial charge on any atom is 0.337 e. The molecule has 2 heterocycles. The van der Waals surface area contributed by atoms with Crippen LogP contribution in [-0.4, -0.2) is 52.9 Å². The highest BCUT2D eigenvalue weighted by molar-refractivity contribution is 7.99. The molecule has 0 radical (unpaired) electrons. The molecule has 1 saturated heterocycles. The Balaban J connectivity index is 1.42. The summed E-state index contributed by atoms with van der Waals surface area (Å²) < 4.78 is 31.7. The van der Waals surface area contributed by atoms with Crippen molar-refractivity contribution < 1.29 is 23.4 Å². The van der Waals surface area contributed by atoms with E-state index < -0.39 is 5.97 Å². The number of esters is 1. The van der Waals surface area contributed by atoms with Gasteiger partial charge >= 0.3 is 5.97 Å². The zero-order valence-corrected chi connectivity index (χ0v) is 18.5. The zero-order valence-electron chi connectivity index (χ0n) is 17.7. The number of aromatic nitrogens is 3. The number of rotatable bonds is 9. The molecule has 0 aliphatic carbocycles. The van der Waals surface area contributed by atoms with Gasteiger partial charge in [-0.3, -0.25) is 4.57 Å². The Labute approximate surface area is 189 Å². The lowest BCUT2D eigenvalue weighted by atomic mass is 10.2. The monoisotopic (exact) mass is 457 g/mol. The molecule has 1 aliphatic rings. The van der Waals surface area contributed by atoms with E-state index in [0.29, 0.717) is 36.0 Å². The van der Waals surface area contributed by atoms with Gasteiger partial charge < -0.3 is 14.2 Å². The third-order valence-electron chi connectivity index (χ3n) is 5.07. The summed E-state index contributed by atoms with van der Waals surface area (Å²) in [6, 6.07) is 13.1. The zero-order chi connectivity index (χ0) is 22.3. The van der Waals surface area contributed by atoms with Crippen molar-refractivity contribution in [3.63, 3.8) is 0 Å². The van der Waals surface area contributed by atoms with Crippen molar-refractivity contribution in [1.82, 2.24) is 14.8 Å². The van der Waals surface area contributed by atoms with Crippen molar-refractivity contribution in [3.8, 4) is 17.1 Å². The second-order valence-corrected chi connectivity index (χ2v) is 8.34. The fraction of sp³-hybridized carbons (Fsp3) is 0.348. The Morgan fingerprint density at radius 2 is 2.09 bits per heavy atom. The van der Waals surface area contributed by atoms with Crippen molar-refractivity contribution in [3.05, 3.63) is 59.9 Å². The molecule has 1 aliphatic heterocycles. The minimum Gasteiger partial charge on any atom is -0.493 e. The molecule has 1 fully saturated rings. The van der Waals surface area contributed by atoms with Gasteiger partial charge in [0.05, 0.1) is 31.9 Å². The van der Waals surface area contributed by atoms with Crippen LogP contribution in [0.25, 0.3) is 11.4 Å². The van der Waals surface area contributed by atoms with E-state index in [0.717, 1.165) is 30.2 Å². The van der Waals surface area contributed by atoms with Gasteiger partial charge in [-0.1, -0.05) is 17.8 Å². The number of carbonyl (C=O) groups excluding carboxylic acids is 1. The molecular formula is C23H24FN3O4S. The van der Waals surface area contributed by atoms with E-state index in [2.05, 4.69) is 10.2 Å². The molecule has 0 saturated carbocycles. The van der Waals surface area contributed by atoms with Crippen LogP contribution in [0.15, 0.2) is 53.7 Å². The number of hydrogen-bond acceptors (Lipinski definition) is 7. The first-order valence-corrected chi connectivity index (χ1v) is 11.4. The summed E-state index contributed by atoms with van der Waals surface area (Å²) in [5.41, 5.74) is 1.25. The molecule has 4 rings (SSSR count). The van der Waals surface area contributed by atoms with E-state index in [9.17, 15) is 9.18 Å². The van der Waals surface area contributed by atoms with Gasteiger partial charge in [0, 0.05) is 17.9 Å². The van der Waals surface area contributed by atoms with Crippen molar-refractivity contribution in [2.45, 2.75) is 30.6 Å².